The van der Waals surface area contributed by atoms with Crippen LogP contribution < -0.4 is 5.73 Å². The zero-order valence-corrected chi connectivity index (χ0v) is 11.4. The minimum absolute atomic E-state index is 0.106. The summed E-state index contributed by atoms with van der Waals surface area (Å²) >= 11 is 11.6. The van der Waals surface area contributed by atoms with Gasteiger partial charge in [-0.3, -0.25) is 4.79 Å². The fourth-order valence-electron chi connectivity index (χ4n) is 1.65. The zero-order valence-electron chi connectivity index (χ0n) is 9.93. The van der Waals surface area contributed by atoms with E-state index in [-0.39, 0.29) is 21.3 Å². The van der Waals surface area contributed by atoms with E-state index >= 15 is 0 Å². The number of hydrogen-bond donors (Lipinski definition) is 2. The van der Waals surface area contributed by atoms with E-state index in [4.69, 9.17) is 34.0 Å². The molecule has 0 fully saturated rings. The molecule has 0 bridgehead atoms. The largest absolute Gasteiger partial charge is 0.478 e. The third kappa shape index (κ3) is 2.74. The first-order valence-corrected chi connectivity index (χ1v) is 6.14. The maximum atomic E-state index is 11.2. The minimum atomic E-state index is -1.19. The number of amides is 1. The average molecular weight is 311 g/mol. The molecule has 0 saturated carbocycles. The number of aromatic carboxylic acids is 1. The molecular formula is C13H8Cl2N2O3. The Morgan fingerprint density at radius 2 is 1.75 bits per heavy atom. The summed E-state index contributed by atoms with van der Waals surface area (Å²) in [7, 11) is 0. The van der Waals surface area contributed by atoms with Crippen LogP contribution in [-0.4, -0.2) is 22.0 Å². The highest BCUT2D eigenvalue weighted by Crippen LogP contribution is 2.27. The number of primary amides is 1. The first-order chi connectivity index (χ1) is 9.40. The number of hydrogen-bond acceptors (Lipinski definition) is 3. The van der Waals surface area contributed by atoms with Crippen LogP contribution in [-0.2, 0) is 0 Å². The molecule has 7 heteroatoms. The lowest BCUT2D eigenvalue weighted by atomic mass is 10.0. The number of carbonyl (C=O) groups excluding carboxylic acids is 1. The van der Waals surface area contributed by atoms with Crippen molar-refractivity contribution in [2.45, 2.75) is 0 Å². The van der Waals surface area contributed by atoms with E-state index in [2.05, 4.69) is 4.98 Å². The molecular weight excluding hydrogens is 303 g/mol. The monoisotopic (exact) mass is 310 g/mol. The number of carboxylic acid groups (broad SMARTS) is 1. The quantitative estimate of drug-likeness (QED) is 0.852. The summed E-state index contributed by atoms with van der Waals surface area (Å²) in [4.78, 5) is 26.1. The summed E-state index contributed by atoms with van der Waals surface area (Å²) in [5, 5.41) is 9.12. The number of aromatic nitrogens is 1. The fraction of sp³-hybridized carbons (Fsp3) is 0. The number of carbonyl (C=O) groups is 2. The van der Waals surface area contributed by atoms with Gasteiger partial charge in [0.05, 0.1) is 16.1 Å². The van der Waals surface area contributed by atoms with Gasteiger partial charge in [0, 0.05) is 11.8 Å². The van der Waals surface area contributed by atoms with Crippen LogP contribution in [0.25, 0.3) is 11.1 Å². The van der Waals surface area contributed by atoms with Crippen LogP contribution in [0.1, 0.15) is 20.7 Å². The number of benzene rings is 1. The molecule has 0 saturated heterocycles. The average Bonchev–Trinajstić information content (AvgIpc) is 2.39. The van der Waals surface area contributed by atoms with Crippen molar-refractivity contribution in [2.75, 3.05) is 0 Å². The second kappa shape index (κ2) is 5.48. The van der Waals surface area contributed by atoms with E-state index in [1.165, 1.54) is 24.4 Å². The van der Waals surface area contributed by atoms with E-state index in [0.717, 1.165) is 0 Å². The Hall–Kier alpha value is -2.11. The minimum Gasteiger partial charge on any atom is -0.478 e. The number of nitrogens with zero attached hydrogens (tertiary/aromatic N) is 1. The lowest BCUT2D eigenvalue weighted by molar-refractivity contribution is 0.0696. The van der Waals surface area contributed by atoms with Crippen molar-refractivity contribution in [3.05, 3.63) is 51.8 Å². The maximum Gasteiger partial charge on any atom is 0.338 e. The van der Waals surface area contributed by atoms with Crippen molar-refractivity contribution in [1.82, 2.24) is 4.98 Å². The van der Waals surface area contributed by atoms with Crippen LogP contribution in [0.4, 0.5) is 0 Å². The zero-order chi connectivity index (χ0) is 14.9. The van der Waals surface area contributed by atoms with Gasteiger partial charge in [0.25, 0.3) is 0 Å². The van der Waals surface area contributed by atoms with Crippen molar-refractivity contribution >= 4 is 35.1 Å². The molecule has 1 aromatic heterocycles. The van der Waals surface area contributed by atoms with Crippen LogP contribution in [0.2, 0.25) is 10.2 Å². The van der Waals surface area contributed by atoms with Crippen LogP contribution >= 0.6 is 23.2 Å². The summed E-state index contributed by atoms with van der Waals surface area (Å²) in [6.45, 7) is 0. The Morgan fingerprint density at radius 1 is 1.10 bits per heavy atom. The van der Waals surface area contributed by atoms with Crippen LogP contribution in [0.3, 0.4) is 0 Å². The van der Waals surface area contributed by atoms with Crippen LogP contribution in [0.5, 0.6) is 0 Å². The Labute approximate surface area is 124 Å². The van der Waals surface area contributed by atoms with E-state index in [1.54, 1.807) is 6.07 Å². The van der Waals surface area contributed by atoms with Gasteiger partial charge < -0.3 is 10.8 Å². The lowest BCUT2D eigenvalue weighted by Gasteiger charge is -2.07. The van der Waals surface area contributed by atoms with Gasteiger partial charge in [-0.25, -0.2) is 9.78 Å². The number of nitrogens with two attached hydrogens (primary N) is 1. The Bertz CT molecular complexity index is 655. The SMILES string of the molecule is NC(=O)c1cc(-c2cnc(Cl)c(C(=O)O)c2)ccc1Cl. The van der Waals surface area contributed by atoms with Gasteiger partial charge in [-0.1, -0.05) is 29.3 Å². The van der Waals surface area contributed by atoms with E-state index in [0.29, 0.717) is 11.1 Å². The van der Waals surface area contributed by atoms with Gasteiger partial charge in [-0.05, 0) is 23.8 Å². The molecule has 0 aliphatic rings. The molecule has 1 aromatic carbocycles. The highest BCUT2D eigenvalue weighted by molar-refractivity contribution is 6.34. The summed E-state index contributed by atoms with van der Waals surface area (Å²) in [6, 6.07) is 5.98. The topological polar surface area (TPSA) is 93.3 Å². The normalized spacial score (nSPS) is 10.3. The van der Waals surface area contributed by atoms with Crippen LogP contribution in [0, 0.1) is 0 Å². The van der Waals surface area contributed by atoms with Gasteiger partial charge in [0.1, 0.15) is 5.15 Å². The molecule has 1 heterocycles. The molecule has 20 heavy (non-hydrogen) atoms. The van der Waals surface area contributed by atoms with E-state index < -0.39 is 11.9 Å². The lowest BCUT2D eigenvalue weighted by Crippen LogP contribution is -2.11. The predicted molar refractivity (Wildman–Crippen MR) is 75.2 cm³/mol. The summed E-state index contributed by atoms with van der Waals surface area (Å²) in [5.41, 5.74) is 6.29. The first-order valence-electron chi connectivity index (χ1n) is 5.38. The molecule has 1 amide bonds. The van der Waals surface area contributed by atoms with Crippen molar-refractivity contribution in [1.29, 1.82) is 0 Å². The third-order valence-corrected chi connectivity index (χ3v) is 3.27. The molecule has 0 aliphatic carbocycles. The standard InChI is InChI=1S/C13H8Cl2N2O3/c14-10-2-1-6(3-8(10)12(16)18)7-4-9(13(19)20)11(15)17-5-7/h1-5H,(H2,16,18)(H,19,20). The molecule has 5 nitrogen and oxygen atoms in total. The van der Waals surface area contributed by atoms with Gasteiger partial charge in [0.15, 0.2) is 0 Å². The number of halogens is 2. The number of pyridine rings is 1. The maximum absolute atomic E-state index is 11.2. The summed E-state index contributed by atoms with van der Waals surface area (Å²) in [5.74, 6) is -1.86. The smallest absolute Gasteiger partial charge is 0.338 e. The van der Waals surface area contributed by atoms with Crippen molar-refractivity contribution in [3.8, 4) is 11.1 Å². The summed E-state index contributed by atoms with van der Waals surface area (Å²) in [6.07, 6.45) is 1.41. The Kier molecular flexibility index (Phi) is 3.92. The molecule has 102 valence electrons. The number of rotatable bonds is 3. The van der Waals surface area contributed by atoms with Gasteiger partial charge in [-0.15, -0.1) is 0 Å². The van der Waals surface area contributed by atoms with Crippen molar-refractivity contribution in [3.63, 3.8) is 0 Å². The highest BCUT2D eigenvalue weighted by atomic mass is 35.5. The van der Waals surface area contributed by atoms with E-state index in [9.17, 15) is 9.59 Å². The van der Waals surface area contributed by atoms with Gasteiger partial charge in [0.2, 0.25) is 5.91 Å². The molecule has 0 spiro atoms. The fourth-order valence-corrected chi connectivity index (χ4v) is 2.04. The first kappa shape index (κ1) is 14.3. The molecule has 2 rings (SSSR count). The molecule has 0 unspecified atom stereocenters. The number of carboxylic acids is 1. The second-order valence-electron chi connectivity index (χ2n) is 3.93. The summed E-state index contributed by atoms with van der Waals surface area (Å²) < 4.78 is 0. The Morgan fingerprint density at radius 3 is 2.35 bits per heavy atom. The van der Waals surface area contributed by atoms with Crippen molar-refractivity contribution in [2.24, 2.45) is 5.73 Å². The van der Waals surface area contributed by atoms with Crippen molar-refractivity contribution < 1.29 is 14.7 Å². The Balaban J connectivity index is 2.57. The molecule has 0 atom stereocenters. The highest BCUT2D eigenvalue weighted by Gasteiger charge is 2.13. The second-order valence-corrected chi connectivity index (χ2v) is 4.69. The molecule has 3 N–H and O–H groups in total. The third-order valence-electron chi connectivity index (χ3n) is 2.63. The van der Waals surface area contributed by atoms with Gasteiger partial charge in [-0.2, -0.15) is 0 Å². The van der Waals surface area contributed by atoms with Crippen LogP contribution in [0.15, 0.2) is 30.5 Å². The predicted octanol–water partition coefficient (Wildman–Crippen LogP) is 2.85. The van der Waals surface area contributed by atoms with E-state index in [1.807, 2.05) is 0 Å². The molecule has 2 aromatic rings. The molecule has 0 radical (unpaired) electrons. The van der Waals surface area contributed by atoms with Gasteiger partial charge >= 0.3 is 5.97 Å². The molecule has 0 aliphatic heterocycles.